The van der Waals surface area contributed by atoms with Gasteiger partial charge in [0.05, 0.1) is 0 Å². The largest absolute Gasteiger partial charge is 0.462 e. The Balaban J connectivity index is 1.40. The summed E-state index contributed by atoms with van der Waals surface area (Å²) in [4.78, 5) is 11.5. The first-order valence-electron chi connectivity index (χ1n) is 12.4. The molecule has 0 amide bonds. The summed E-state index contributed by atoms with van der Waals surface area (Å²) >= 11 is 0. The average Bonchev–Trinajstić information content (AvgIpc) is 3.04. The molecular formula is C29H36O3. The lowest BCUT2D eigenvalue weighted by Gasteiger charge is -2.58. The van der Waals surface area contributed by atoms with Crippen LogP contribution in [0.2, 0.25) is 0 Å². The molecule has 0 spiro atoms. The summed E-state index contributed by atoms with van der Waals surface area (Å²) in [5.41, 5.74) is 1.64. The third-order valence-corrected chi connectivity index (χ3v) is 9.73. The molecule has 5 rings (SSSR count). The van der Waals surface area contributed by atoms with Gasteiger partial charge in [0.1, 0.15) is 11.7 Å². The van der Waals surface area contributed by atoms with Crippen LogP contribution in [0.4, 0.5) is 0 Å². The van der Waals surface area contributed by atoms with Gasteiger partial charge in [0.25, 0.3) is 0 Å². The van der Waals surface area contributed by atoms with Crippen LogP contribution < -0.4 is 0 Å². The number of benzene rings is 1. The van der Waals surface area contributed by atoms with Gasteiger partial charge in [0.2, 0.25) is 0 Å². The fourth-order valence-electron chi connectivity index (χ4n) is 7.88. The first-order valence-corrected chi connectivity index (χ1v) is 12.4. The number of allylic oxidation sites excluding steroid dienone is 1. The maximum Gasteiger partial charge on any atom is 0.302 e. The van der Waals surface area contributed by atoms with Crippen LogP contribution in [0, 0.1) is 40.4 Å². The molecule has 3 saturated carbocycles. The zero-order chi connectivity index (χ0) is 22.6. The van der Waals surface area contributed by atoms with Crippen molar-refractivity contribution in [3.05, 3.63) is 47.5 Å². The minimum Gasteiger partial charge on any atom is -0.462 e. The Morgan fingerprint density at radius 3 is 2.56 bits per heavy atom. The highest BCUT2D eigenvalue weighted by molar-refractivity contribution is 5.66. The first kappa shape index (κ1) is 21.8. The average molecular weight is 433 g/mol. The predicted molar refractivity (Wildman–Crippen MR) is 126 cm³/mol. The van der Waals surface area contributed by atoms with E-state index in [0.29, 0.717) is 17.8 Å². The molecule has 0 saturated heterocycles. The second-order valence-corrected chi connectivity index (χ2v) is 11.2. The number of rotatable bonds is 1. The van der Waals surface area contributed by atoms with Gasteiger partial charge in [0, 0.05) is 24.3 Å². The van der Waals surface area contributed by atoms with E-state index in [1.165, 1.54) is 12.5 Å². The van der Waals surface area contributed by atoms with Gasteiger partial charge in [-0.25, -0.2) is 0 Å². The molecule has 0 aliphatic heterocycles. The van der Waals surface area contributed by atoms with Crippen molar-refractivity contribution >= 4 is 5.97 Å². The van der Waals surface area contributed by atoms with Gasteiger partial charge in [-0.2, -0.15) is 0 Å². The van der Waals surface area contributed by atoms with Crippen LogP contribution in [0.25, 0.3) is 0 Å². The molecule has 3 fully saturated rings. The third-order valence-electron chi connectivity index (χ3n) is 9.73. The molecule has 1 N–H and O–H groups in total. The number of hydrogen-bond donors (Lipinski definition) is 1. The summed E-state index contributed by atoms with van der Waals surface area (Å²) in [5.74, 6) is 8.23. The number of fused-ring (bicyclic) bond motifs is 5. The summed E-state index contributed by atoms with van der Waals surface area (Å²) in [6.45, 7) is 6.28. The molecule has 0 unspecified atom stereocenters. The molecule has 1 aromatic carbocycles. The topological polar surface area (TPSA) is 46.5 Å². The molecule has 4 aliphatic carbocycles. The number of ether oxygens (including phenoxy) is 1. The van der Waals surface area contributed by atoms with Crippen molar-refractivity contribution in [2.45, 2.75) is 83.8 Å². The van der Waals surface area contributed by atoms with Crippen molar-refractivity contribution in [3.8, 4) is 11.8 Å². The van der Waals surface area contributed by atoms with E-state index in [4.69, 9.17) is 4.74 Å². The molecule has 170 valence electrons. The summed E-state index contributed by atoms with van der Waals surface area (Å²) in [6, 6.07) is 10.0. The zero-order valence-electron chi connectivity index (χ0n) is 19.7. The Hall–Kier alpha value is -2.05. The normalized spacial score (nSPS) is 42.4. The Bertz CT molecular complexity index is 985. The number of hydrogen-bond acceptors (Lipinski definition) is 3. The lowest BCUT2D eigenvalue weighted by atomic mass is 9.47. The number of aliphatic hydroxyl groups is 1. The minimum absolute atomic E-state index is 0.0436. The van der Waals surface area contributed by atoms with E-state index >= 15 is 0 Å². The Morgan fingerprint density at radius 1 is 1.06 bits per heavy atom. The number of esters is 1. The van der Waals surface area contributed by atoms with Crippen molar-refractivity contribution in [2.24, 2.45) is 28.6 Å². The van der Waals surface area contributed by atoms with E-state index in [9.17, 15) is 9.90 Å². The molecule has 1 aromatic rings. The highest BCUT2D eigenvalue weighted by Gasteiger charge is 2.63. The molecule has 3 heteroatoms. The van der Waals surface area contributed by atoms with Crippen LogP contribution in [0.3, 0.4) is 0 Å². The molecule has 0 heterocycles. The summed E-state index contributed by atoms with van der Waals surface area (Å²) in [5, 5.41) is 11.8. The predicted octanol–water partition coefficient (Wildman–Crippen LogP) is 5.66. The van der Waals surface area contributed by atoms with E-state index in [1.54, 1.807) is 0 Å². The van der Waals surface area contributed by atoms with Crippen molar-refractivity contribution in [1.82, 2.24) is 0 Å². The summed E-state index contributed by atoms with van der Waals surface area (Å²) in [7, 11) is 0. The van der Waals surface area contributed by atoms with Crippen LogP contribution in [-0.2, 0) is 9.53 Å². The van der Waals surface area contributed by atoms with E-state index < -0.39 is 5.60 Å². The van der Waals surface area contributed by atoms with Crippen molar-refractivity contribution in [1.29, 1.82) is 0 Å². The maximum absolute atomic E-state index is 11.8. The van der Waals surface area contributed by atoms with Gasteiger partial charge >= 0.3 is 5.97 Å². The third kappa shape index (κ3) is 3.34. The van der Waals surface area contributed by atoms with Crippen LogP contribution >= 0.6 is 0 Å². The first-order chi connectivity index (χ1) is 15.3. The van der Waals surface area contributed by atoms with Gasteiger partial charge in [-0.05, 0) is 80.2 Å². The second-order valence-electron chi connectivity index (χ2n) is 11.2. The molecule has 4 aliphatic rings. The van der Waals surface area contributed by atoms with Crippen molar-refractivity contribution < 1.29 is 14.6 Å². The van der Waals surface area contributed by atoms with E-state index in [0.717, 1.165) is 56.9 Å². The maximum atomic E-state index is 11.8. The van der Waals surface area contributed by atoms with E-state index in [-0.39, 0.29) is 22.9 Å². The van der Waals surface area contributed by atoms with E-state index in [2.05, 4.69) is 31.8 Å². The highest BCUT2D eigenvalue weighted by Crippen LogP contribution is 2.67. The molecule has 3 nitrogen and oxygen atoms in total. The monoisotopic (exact) mass is 432 g/mol. The lowest BCUT2D eigenvalue weighted by molar-refractivity contribution is -0.149. The van der Waals surface area contributed by atoms with Crippen molar-refractivity contribution in [2.75, 3.05) is 0 Å². The van der Waals surface area contributed by atoms with Crippen molar-refractivity contribution in [3.63, 3.8) is 0 Å². The van der Waals surface area contributed by atoms with Crippen LogP contribution in [0.1, 0.15) is 77.7 Å². The molecular weight excluding hydrogens is 396 g/mol. The van der Waals surface area contributed by atoms with E-state index in [1.807, 2.05) is 30.3 Å². The minimum atomic E-state index is -0.906. The fourth-order valence-corrected chi connectivity index (χ4v) is 7.88. The van der Waals surface area contributed by atoms with Gasteiger partial charge in [-0.1, -0.05) is 55.5 Å². The second kappa shape index (κ2) is 7.77. The molecule has 7 atom stereocenters. The summed E-state index contributed by atoms with van der Waals surface area (Å²) < 4.78 is 5.57. The Kier molecular flexibility index (Phi) is 5.29. The van der Waals surface area contributed by atoms with Gasteiger partial charge in [0.15, 0.2) is 0 Å². The Labute approximate surface area is 192 Å². The van der Waals surface area contributed by atoms with Crippen LogP contribution in [0.15, 0.2) is 42.0 Å². The number of carbonyl (C=O) groups is 1. The molecule has 0 aromatic heterocycles. The fraction of sp³-hybridized carbons (Fsp3) is 0.621. The summed E-state index contributed by atoms with van der Waals surface area (Å²) in [6.07, 6.45) is 10.6. The van der Waals surface area contributed by atoms with Crippen LogP contribution in [0.5, 0.6) is 0 Å². The molecule has 0 radical (unpaired) electrons. The van der Waals surface area contributed by atoms with Gasteiger partial charge in [-0.3, -0.25) is 4.79 Å². The smallest absolute Gasteiger partial charge is 0.302 e. The Morgan fingerprint density at radius 2 is 1.81 bits per heavy atom. The van der Waals surface area contributed by atoms with Gasteiger partial charge < -0.3 is 9.84 Å². The standard InChI is InChI=1S/C29H36O3/c1-20(30)32-23-12-15-27(2)22(19-23)9-10-24-25(27)13-16-28(3)26(24)14-18-29(28,31)17-11-21-7-5-4-6-8-21/h4-9,23-26,31H,10,12-16,18-19H2,1-3H3/t23-,24+,25-,26-,27-,28-,29-/m0/s1. The zero-order valence-corrected chi connectivity index (χ0v) is 19.7. The van der Waals surface area contributed by atoms with Crippen LogP contribution in [-0.4, -0.2) is 22.8 Å². The SMILES string of the molecule is CC(=O)O[C@H]1CC[C@@]2(C)C(=CC[C@@H]3[C@@H]2CC[C@@]2(C)[C@H]3CC[C@@]2(O)C#Cc2ccccc2)C1. The highest BCUT2D eigenvalue weighted by atomic mass is 16.5. The lowest BCUT2D eigenvalue weighted by Crippen LogP contribution is -2.54. The molecule has 0 bridgehead atoms. The molecule has 32 heavy (non-hydrogen) atoms. The van der Waals surface area contributed by atoms with Gasteiger partial charge in [-0.15, -0.1) is 0 Å². The quantitative estimate of drug-likeness (QED) is 0.354. The number of carbonyl (C=O) groups excluding carboxylic acids is 1.